The zero-order valence-corrected chi connectivity index (χ0v) is 10.2. The van der Waals surface area contributed by atoms with E-state index in [-0.39, 0.29) is 11.9 Å². The molecular weight excluding hydrogens is 224 g/mol. The molecule has 2 aliphatic heterocycles. The van der Waals surface area contributed by atoms with E-state index in [0.717, 1.165) is 6.42 Å². The molecule has 2 aliphatic rings. The summed E-state index contributed by atoms with van der Waals surface area (Å²) in [5, 5.41) is 7.57. The predicted octanol–water partition coefficient (Wildman–Crippen LogP) is 0.467. The van der Waals surface area contributed by atoms with E-state index in [1.807, 2.05) is 6.92 Å². The Balaban J connectivity index is 2.32. The van der Waals surface area contributed by atoms with Crippen LogP contribution in [0.1, 0.15) is 13.3 Å². The fourth-order valence-electron chi connectivity index (χ4n) is 2.07. The molecule has 17 heavy (non-hydrogen) atoms. The van der Waals surface area contributed by atoms with Crippen LogP contribution in [-0.2, 0) is 9.53 Å². The highest BCUT2D eigenvalue weighted by molar-refractivity contribution is 6.01. The van der Waals surface area contributed by atoms with E-state index in [4.69, 9.17) is 4.74 Å². The Bertz CT molecular complexity index is 378. The molecule has 2 rings (SSSR count). The average molecular weight is 240 g/mol. The number of epoxide rings is 1. The second-order valence-corrected chi connectivity index (χ2v) is 4.18. The number of rotatable bonds is 3. The van der Waals surface area contributed by atoms with Crippen LogP contribution in [-0.4, -0.2) is 60.8 Å². The average Bonchev–Trinajstić information content (AvgIpc) is 3.10. The van der Waals surface area contributed by atoms with E-state index >= 15 is 0 Å². The number of amides is 3. The largest absolute Gasteiger partial charge is 0.345 e. The van der Waals surface area contributed by atoms with Crippen LogP contribution in [0.5, 0.6) is 0 Å². The van der Waals surface area contributed by atoms with Crippen LogP contribution < -0.4 is 0 Å². The molecule has 3 amide bonds. The molecule has 0 saturated carbocycles. The van der Waals surface area contributed by atoms with Crippen LogP contribution in [0, 0.1) is 0 Å². The maximum Gasteiger partial charge on any atom is 0.328 e. The summed E-state index contributed by atoms with van der Waals surface area (Å²) < 4.78 is 5.29. The number of urea groups is 1. The number of carbonyl (C=O) groups excluding carboxylic acids is 2. The lowest BCUT2D eigenvalue weighted by Crippen LogP contribution is -2.64. The van der Waals surface area contributed by atoms with Crippen molar-refractivity contribution in [3.05, 3.63) is 0 Å². The van der Waals surface area contributed by atoms with Crippen molar-refractivity contribution in [2.24, 2.45) is 10.2 Å². The number of likely N-dealkylation sites (N-methyl/N-ethyl adjacent to an activating group) is 1. The summed E-state index contributed by atoms with van der Waals surface area (Å²) in [7, 11) is 3.13. The molecule has 0 bridgehead atoms. The number of carbonyl (C=O) groups is 2. The quantitative estimate of drug-likeness (QED) is 0.531. The lowest BCUT2D eigenvalue weighted by molar-refractivity contribution is -0.137. The zero-order chi connectivity index (χ0) is 12.6. The fourth-order valence-corrected chi connectivity index (χ4v) is 2.07. The molecule has 0 radical (unpaired) electrons. The third-order valence-corrected chi connectivity index (χ3v) is 3.13. The number of hydrogen-bond acceptors (Lipinski definition) is 5. The van der Waals surface area contributed by atoms with Crippen molar-refractivity contribution < 1.29 is 14.3 Å². The molecule has 0 aromatic heterocycles. The van der Waals surface area contributed by atoms with Gasteiger partial charge < -0.3 is 4.74 Å². The van der Waals surface area contributed by atoms with Crippen molar-refractivity contribution in [3.63, 3.8) is 0 Å². The summed E-state index contributed by atoms with van der Waals surface area (Å²) in [5.74, 6) is -0.321. The standard InChI is InChI=1S/C10H16N4O3/c1-4-5-14-8(15)7(12-11-2)10(6-17-10)13(3)9(14)16/h7H,4-6H2,1-3H3. The molecule has 2 unspecified atom stereocenters. The first-order valence-electron chi connectivity index (χ1n) is 5.60. The Morgan fingerprint density at radius 1 is 1.53 bits per heavy atom. The smallest absolute Gasteiger partial charge is 0.328 e. The van der Waals surface area contributed by atoms with Crippen molar-refractivity contribution in [2.45, 2.75) is 25.1 Å². The van der Waals surface area contributed by atoms with Gasteiger partial charge in [0.15, 0.2) is 6.04 Å². The first-order chi connectivity index (χ1) is 8.08. The number of imide groups is 1. The minimum Gasteiger partial charge on any atom is -0.345 e. The van der Waals surface area contributed by atoms with Gasteiger partial charge in [-0.3, -0.25) is 14.6 Å². The maximum absolute atomic E-state index is 12.2. The van der Waals surface area contributed by atoms with Crippen LogP contribution in [0.15, 0.2) is 10.2 Å². The number of hydrogen-bond donors (Lipinski definition) is 0. The molecule has 2 heterocycles. The van der Waals surface area contributed by atoms with Crippen molar-refractivity contribution in [1.29, 1.82) is 0 Å². The monoisotopic (exact) mass is 240 g/mol. The molecule has 2 saturated heterocycles. The normalized spacial score (nSPS) is 33.0. The van der Waals surface area contributed by atoms with Gasteiger partial charge in [-0.1, -0.05) is 6.92 Å². The van der Waals surface area contributed by atoms with E-state index in [1.165, 1.54) is 16.8 Å². The summed E-state index contributed by atoms with van der Waals surface area (Å²) in [6.45, 7) is 2.65. The highest BCUT2D eigenvalue weighted by Crippen LogP contribution is 2.40. The van der Waals surface area contributed by atoms with Gasteiger partial charge in [-0.2, -0.15) is 10.2 Å². The fraction of sp³-hybridized carbons (Fsp3) is 0.800. The van der Waals surface area contributed by atoms with Crippen LogP contribution in [0.2, 0.25) is 0 Å². The van der Waals surface area contributed by atoms with E-state index in [1.54, 1.807) is 7.05 Å². The Morgan fingerprint density at radius 3 is 2.65 bits per heavy atom. The molecule has 94 valence electrons. The topological polar surface area (TPSA) is 77.9 Å². The van der Waals surface area contributed by atoms with E-state index in [2.05, 4.69) is 10.2 Å². The summed E-state index contributed by atoms with van der Waals surface area (Å²) in [4.78, 5) is 26.8. The number of ether oxygens (including phenoxy) is 1. The maximum atomic E-state index is 12.2. The third-order valence-electron chi connectivity index (χ3n) is 3.13. The van der Waals surface area contributed by atoms with Crippen molar-refractivity contribution in [3.8, 4) is 0 Å². The van der Waals surface area contributed by atoms with Gasteiger partial charge in [0.25, 0.3) is 5.91 Å². The van der Waals surface area contributed by atoms with Crippen LogP contribution in [0.3, 0.4) is 0 Å². The molecule has 0 aromatic carbocycles. The van der Waals surface area contributed by atoms with Gasteiger partial charge in [0, 0.05) is 20.6 Å². The van der Waals surface area contributed by atoms with Crippen LogP contribution in [0.25, 0.3) is 0 Å². The van der Waals surface area contributed by atoms with Gasteiger partial charge in [-0.05, 0) is 6.42 Å². The van der Waals surface area contributed by atoms with Crippen molar-refractivity contribution >= 4 is 11.9 Å². The lowest BCUT2D eigenvalue weighted by atomic mass is 10.0. The second kappa shape index (κ2) is 4.06. The first-order valence-corrected chi connectivity index (χ1v) is 5.60. The third kappa shape index (κ3) is 1.61. The molecule has 2 fully saturated rings. The molecule has 1 spiro atoms. The number of azo groups is 1. The Morgan fingerprint density at radius 2 is 2.18 bits per heavy atom. The SMILES string of the molecule is CCCN1C(=O)C(N=NC)C2(CO2)N(C)C1=O. The predicted molar refractivity (Wildman–Crippen MR) is 58.4 cm³/mol. The Hall–Kier alpha value is -1.50. The van der Waals surface area contributed by atoms with Gasteiger partial charge in [-0.25, -0.2) is 4.79 Å². The first kappa shape index (κ1) is 12.0. The second-order valence-electron chi connectivity index (χ2n) is 4.18. The van der Waals surface area contributed by atoms with Gasteiger partial charge in [0.1, 0.15) is 6.61 Å². The Labute approximate surface area is 99.4 Å². The summed E-state index contributed by atoms with van der Waals surface area (Å²) >= 11 is 0. The summed E-state index contributed by atoms with van der Waals surface area (Å²) in [6.07, 6.45) is 0.717. The highest BCUT2D eigenvalue weighted by Gasteiger charge is 2.65. The van der Waals surface area contributed by atoms with Gasteiger partial charge in [-0.15, -0.1) is 0 Å². The minimum absolute atomic E-state index is 0.321. The molecule has 7 nitrogen and oxygen atoms in total. The highest BCUT2D eigenvalue weighted by atomic mass is 16.6. The van der Waals surface area contributed by atoms with Crippen molar-refractivity contribution in [2.75, 3.05) is 27.2 Å². The molecule has 0 aromatic rings. The van der Waals surface area contributed by atoms with Gasteiger partial charge in [0.2, 0.25) is 5.72 Å². The Kier molecular flexibility index (Phi) is 2.86. The molecule has 2 atom stereocenters. The molecule has 7 heteroatoms. The summed E-state index contributed by atoms with van der Waals surface area (Å²) in [5.41, 5.74) is -0.891. The van der Waals surface area contributed by atoms with Gasteiger partial charge in [0.05, 0.1) is 0 Å². The van der Waals surface area contributed by atoms with E-state index in [9.17, 15) is 9.59 Å². The molecule has 0 N–H and O–H groups in total. The van der Waals surface area contributed by atoms with Crippen LogP contribution >= 0.6 is 0 Å². The lowest BCUT2D eigenvalue weighted by Gasteiger charge is -2.39. The zero-order valence-electron chi connectivity index (χ0n) is 10.2. The van der Waals surface area contributed by atoms with Gasteiger partial charge >= 0.3 is 6.03 Å². The van der Waals surface area contributed by atoms with E-state index in [0.29, 0.717) is 13.2 Å². The summed E-state index contributed by atoms with van der Waals surface area (Å²) in [6, 6.07) is -1.06. The van der Waals surface area contributed by atoms with E-state index < -0.39 is 11.8 Å². The molecular formula is C10H16N4O3. The number of nitrogens with zero attached hydrogens (tertiary/aromatic N) is 4. The molecule has 0 aliphatic carbocycles. The van der Waals surface area contributed by atoms with Crippen LogP contribution in [0.4, 0.5) is 4.79 Å². The minimum atomic E-state index is -0.891. The van der Waals surface area contributed by atoms with Crippen molar-refractivity contribution in [1.82, 2.24) is 9.80 Å².